The maximum atomic E-state index is 13.8. The number of halogens is 7. The number of alkyl halides is 3. The first-order valence-electron chi connectivity index (χ1n) is 45.1. The SMILES string of the molecule is CC(=O)C=C(C)O.CN1CCN=C1c1[c-]cc(F)cc1F.CN1CCN=C1c1[c-]cccc1.Cc1cc(C)c(-n2ccnc2-c2[c-]cccc2)c(C)c1.Cc1cc(C2=NCCN2C)[c-]c(C(F)(F)F)c1.Cn1ccnc1-c1[c-]cccc1.Fc1c[c-]c(-c2nccn2-c2ccccc2)c(F)c1.O=C(O)c1ccccn1.[C-]#[N+]c1cc[c-]c(C2=NCCN2C)c1.[Ir].[Ir].[Ir].[Ir].[Ir].[Ir].[Ir].[Ir].[c-]1ccccc1C1=NCCN1Cc1ccccc1. The van der Waals surface area contributed by atoms with Gasteiger partial charge in [0.25, 0.3) is 0 Å². The van der Waals surface area contributed by atoms with Gasteiger partial charge in [-0.1, -0.05) is 102 Å². The maximum absolute atomic E-state index is 13.8. The molecule has 15 aromatic rings. The number of aryl methyl sites for hydroxylation is 5. The molecule has 2 N–H and O–H groups in total. The van der Waals surface area contributed by atoms with E-state index in [-0.39, 0.29) is 189 Å². The monoisotopic (exact) mass is 3450 g/mol. The molecule has 0 saturated heterocycles. The van der Waals surface area contributed by atoms with E-state index in [0.29, 0.717) is 47.4 Å². The number of carbonyl (C=O) groups is 2. The molecule has 11 aromatic carbocycles. The second-order valence-electron chi connectivity index (χ2n) is 32.5. The number of para-hydroxylation sites is 1. The average Bonchev–Trinajstić information content (AvgIpc) is 1.59. The number of carboxylic acids is 1. The molecular formula is C113H105F7Ir8N18O4-8. The Morgan fingerprint density at radius 2 is 0.847 bits per heavy atom. The number of pyridine rings is 1. The van der Waals surface area contributed by atoms with Crippen molar-refractivity contribution in [3.05, 3.63) is 448 Å². The van der Waals surface area contributed by atoms with E-state index in [0.717, 1.165) is 152 Å². The molecule has 0 spiro atoms. The molecule has 800 valence electrons. The summed E-state index contributed by atoms with van der Waals surface area (Å²) < 4.78 is 96.4. The summed E-state index contributed by atoms with van der Waals surface area (Å²) >= 11 is 0. The van der Waals surface area contributed by atoms with Gasteiger partial charge in [0.05, 0.1) is 29.8 Å². The number of aliphatic hydroxyl groups is 1. The standard InChI is InChI=1S/C18H17N2.C16H15N2.C15H9F2N2.C12H12F3N2.C11H10N3.C10H9F2N2.C10H11N2.C10H9N2.C6H5NO2.C5H8O2.8Ir/c1-13-11-14(2)17(15(3)12-13)20-10-9-19-18(20)16-7-5-4-6-8-16;1-3-7-14(8-4-1)13-18-12-11-17-16(18)15-9-5-2-6-10-15;16-11-6-7-13(14(17)10-11)15-18-8-9-19(15)12-4-2-1-3-5-12;1-8-5-9(11-16-3-4-17(11)2)7-10(6-8)12(13,14)15;1-12-10-5-3-4-9(8-10)11-13-6-7-14(11)2;1-14-5-4-13-10(14)8-3-2-7(11)6-9(8)12;2*1-12-8-7-11-10(12)9-5-3-2-4-6-9;8-6(9)5-3-1-2-4-7-5;1-4(6)3-5(2)7;;;;;;;;/h4-7,9-12H,1-3H3;1-9H,11-13H2;1-6,8-10H;5-6H,3-4H2,1-2H3;3,5,8H,6-7H2,2H3;2,6H,4-5H2,1H3;2-5H,7-8H2,1H3;2-5,7-8H,1H3;1-4H,(H,8,9);3,6H,1-2H3;;;;;;;;/q8*-1;;;;;;;;;;. The Morgan fingerprint density at radius 3 is 1.29 bits per heavy atom. The first-order valence-corrected chi connectivity index (χ1v) is 45.1. The zero-order valence-corrected chi connectivity index (χ0v) is 102. The van der Waals surface area contributed by atoms with Crippen LogP contribution in [-0.2, 0) is 185 Å². The van der Waals surface area contributed by atoms with E-state index in [4.69, 9.17) is 16.8 Å². The first-order chi connectivity index (χ1) is 68.4. The van der Waals surface area contributed by atoms with Gasteiger partial charge in [0, 0.05) is 353 Å². The third-order valence-electron chi connectivity index (χ3n) is 21.4. The zero-order chi connectivity index (χ0) is 102. The molecular weight excluding hydrogens is 3340 g/mol. The summed E-state index contributed by atoms with van der Waals surface area (Å²) in [5, 5.41) is 16.7. The van der Waals surface area contributed by atoms with Gasteiger partial charge < -0.3 is 73.4 Å². The number of carbonyl (C=O) groups excluding carboxylic acids is 1. The fourth-order valence-electron chi connectivity index (χ4n) is 14.9. The molecule has 0 unspecified atom stereocenters. The molecule has 0 bridgehead atoms. The van der Waals surface area contributed by atoms with Crippen LogP contribution >= 0.6 is 0 Å². The van der Waals surface area contributed by atoms with E-state index < -0.39 is 41.0 Å². The van der Waals surface area contributed by atoms with Gasteiger partial charge in [-0.15, -0.1) is 221 Å². The van der Waals surface area contributed by atoms with Crippen LogP contribution in [0.4, 0.5) is 36.4 Å². The summed E-state index contributed by atoms with van der Waals surface area (Å²) in [6, 6.07) is 96.3. The van der Waals surface area contributed by atoms with Crippen molar-refractivity contribution in [2.75, 3.05) is 93.6 Å². The minimum atomic E-state index is -4.36. The average molecular weight is 3450 g/mol. The van der Waals surface area contributed by atoms with Crippen LogP contribution in [-0.4, -0.2) is 203 Å². The van der Waals surface area contributed by atoms with Crippen LogP contribution < -0.4 is 0 Å². The first kappa shape index (κ1) is 133. The van der Waals surface area contributed by atoms with E-state index >= 15 is 0 Å². The number of aliphatic hydroxyl groups excluding tert-OH is 1. The summed E-state index contributed by atoms with van der Waals surface area (Å²) in [6.07, 6.45) is 9.12. The van der Waals surface area contributed by atoms with Gasteiger partial charge in [0.2, 0.25) is 0 Å². The number of amidine groups is 5. The van der Waals surface area contributed by atoms with Crippen molar-refractivity contribution in [1.82, 2.24) is 58.1 Å². The predicted octanol–water partition coefficient (Wildman–Crippen LogP) is 21.2. The number of likely N-dealkylation sites (N-methyl/N-ethyl adjacent to an activating group) is 4. The van der Waals surface area contributed by atoms with Crippen molar-refractivity contribution in [2.45, 2.75) is 54.3 Å². The molecule has 0 fully saturated rings. The topological polar surface area (TPSA) is 223 Å². The van der Waals surface area contributed by atoms with Crippen LogP contribution in [0.25, 0.3) is 50.4 Å². The van der Waals surface area contributed by atoms with Crippen LogP contribution in [0.1, 0.15) is 85.5 Å². The molecule has 20 rings (SSSR count). The molecule has 22 nitrogen and oxygen atoms in total. The van der Waals surface area contributed by atoms with Gasteiger partial charge in [0.1, 0.15) is 11.4 Å². The number of aromatic nitrogens is 7. The minimum Gasteiger partial charge on any atom is -0.512 e. The maximum Gasteiger partial charge on any atom is 0.399 e. The summed E-state index contributed by atoms with van der Waals surface area (Å²) in [4.78, 5) is 71.9. The summed E-state index contributed by atoms with van der Waals surface area (Å²) in [5.41, 5.74) is 13.7. The molecule has 37 heteroatoms. The molecule has 0 amide bonds. The summed E-state index contributed by atoms with van der Waals surface area (Å²) in [5.74, 6) is 2.86. The Balaban J connectivity index is 0.000000430. The smallest absolute Gasteiger partial charge is 0.399 e. The van der Waals surface area contributed by atoms with Crippen LogP contribution in [0, 0.1) is 106 Å². The number of ketones is 1. The number of aromatic carboxylic acids is 1. The summed E-state index contributed by atoms with van der Waals surface area (Å²) in [6.45, 7) is 27.1. The number of hydrogen-bond acceptors (Lipinski definition) is 17. The third kappa shape index (κ3) is 40.5. The number of rotatable bonds is 14. The fourth-order valence-corrected chi connectivity index (χ4v) is 14.9. The number of aliphatic imine (C=N–C) groups is 5. The van der Waals surface area contributed by atoms with E-state index in [1.54, 1.807) is 60.4 Å². The third-order valence-corrected chi connectivity index (χ3v) is 21.4. The molecule has 0 saturated carbocycles. The molecule has 8 radical (unpaired) electrons. The van der Waals surface area contributed by atoms with Crippen LogP contribution in [0.5, 0.6) is 0 Å². The van der Waals surface area contributed by atoms with Crippen LogP contribution in [0.3, 0.4) is 0 Å². The molecule has 4 aromatic heterocycles. The molecule has 5 aliphatic heterocycles. The number of hydrogen-bond donors (Lipinski definition) is 2. The number of allylic oxidation sites excluding steroid dienone is 2. The van der Waals surface area contributed by atoms with Crippen LogP contribution in [0.2, 0.25) is 0 Å². The molecule has 0 atom stereocenters. The van der Waals surface area contributed by atoms with Crippen molar-refractivity contribution < 1.29 is 211 Å². The van der Waals surface area contributed by atoms with Gasteiger partial charge in [0.15, 0.2) is 5.78 Å². The van der Waals surface area contributed by atoms with E-state index in [1.165, 1.54) is 60.1 Å². The van der Waals surface area contributed by atoms with Crippen molar-refractivity contribution in [3.8, 4) is 45.5 Å². The number of benzene rings is 11. The van der Waals surface area contributed by atoms with Gasteiger partial charge in [-0.25, -0.2) is 9.78 Å². The van der Waals surface area contributed by atoms with Crippen LogP contribution in [0.15, 0.2) is 323 Å². The van der Waals surface area contributed by atoms with Crippen molar-refractivity contribution in [3.63, 3.8) is 0 Å². The Kier molecular flexibility index (Phi) is 59.8. The van der Waals surface area contributed by atoms with E-state index in [9.17, 15) is 40.3 Å². The molecule has 9 heterocycles. The van der Waals surface area contributed by atoms with Gasteiger partial charge in [-0.3, -0.25) is 42.2 Å². The Hall–Kier alpha value is -11.6. The Labute approximate surface area is 980 Å². The quantitative estimate of drug-likeness (QED) is 0.0448. The molecule has 150 heavy (non-hydrogen) atoms. The number of nitrogens with zero attached hydrogens (tertiary/aromatic N) is 18. The van der Waals surface area contributed by atoms with Gasteiger partial charge in [-0.05, 0) is 109 Å². The molecule has 0 aliphatic carbocycles. The molecule has 5 aliphatic rings. The van der Waals surface area contributed by atoms with Gasteiger partial charge >= 0.3 is 12.1 Å². The normalized spacial score (nSPS) is 12.5. The van der Waals surface area contributed by atoms with Gasteiger partial charge in [-0.2, -0.15) is 19.2 Å². The van der Waals surface area contributed by atoms with Crippen molar-refractivity contribution in [1.29, 1.82) is 0 Å². The Bertz CT molecular complexity index is 6890. The minimum absolute atomic E-state index is 0. The predicted molar refractivity (Wildman–Crippen MR) is 542 cm³/mol. The van der Waals surface area contributed by atoms with E-state index in [1.807, 2.05) is 195 Å². The second-order valence-corrected chi connectivity index (χ2v) is 32.5. The second kappa shape index (κ2) is 67.7. The van der Waals surface area contributed by atoms with E-state index in [2.05, 4.69) is 188 Å². The zero-order valence-electron chi connectivity index (χ0n) is 83.1. The van der Waals surface area contributed by atoms with Crippen molar-refractivity contribution in [2.24, 2.45) is 32.0 Å². The van der Waals surface area contributed by atoms with Crippen molar-refractivity contribution >= 4 is 46.6 Å². The number of carboxylic acid groups (broad SMARTS) is 1. The summed E-state index contributed by atoms with van der Waals surface area (Å²) in [7, 11) is 9.68. The fraction of sp³-hybridized carbons (Fsp3) is 0.204. The number of imidazole rings is 3. The Morgan fingerprint density at radius 1 is 0.420 bits per heavy atom. The largest absolute Gasteiger partial charge is 0.512 e.